The minimum Gasteiger partial charge on any atom is -0.473 e. The summed E-state index contributed by atoms with van der Waals surface area (Å²) in [5.41, 5.74) is -1.12. The molecule has 2 heterocycles. The van der Waals surface area contributed by atoms with Gasteiger partial charge in [-0.1, -0.05) is 25.4 Å². The van der Waals surface area contributed by atoms with E-state index in [1.54, 1.807) is 0 Å². The highest BCUT2D eigenvalue weighted by Gasteiger charge is 2.37. The van der Waals surface area contributed by atoms with Crippen molar-refractivity contribution in [3.8, 4) is 5.88 Å². The monoisotopic (exact) mass is 308 g/mol. The highest BCUT2D eigenvalue weighted by Crippen LogP contribution is 2.39. The summed E-state index contributed by atoms with van der Waals surface area (Å²) in [4.78, 5) is 3.84. The van der Waals surface area contributed by atoms with Crippen LogP contribution >= 0.6 is 11.6 Å². The van der Waals surface area contributed by atoms with Crippen LogP contribution < -0.4 is 10.1 Å². The molecule has 1 aliphatic rings. The molecule has 1 unspecified atom stereocenters. The lowest BCUT2D eigenvalue weighted by Gasteiger charge is -2.38. The van der Waals surface area contributed by atoms with Crippen molar-refractivity contribution in [1.82, 2.24) is 10.3 Å². The van der Waals surface area contributed by atoms with Crippen LogP contribution in [0, 0.1) is 5.41 Å². The van der Waals surface area contributed by atoms with Gasteiger partial charge < -0.3 is 10.1 Å². The Morgan fingerprint density at radius 3 is 2.75 bits per heavy atom. The highest BCUT2D eigenvalue weighted by molar-refractivity contribution is 6.32. The zero-order valence-corrected chi connectivity index (χ0v) is 12.0. The number of piperidine rings is 1. The molecule has 112 valence electrons. The Morgan fingerprint density at radius 2 is 2.15 bits per heavy atom. The van der Waals surface area contributed by atoms with Crippen LogP contribution in [0.3, 0.4) is 0 Å². The van der Waals surface area contributed by atoms with Crippen LogP contribution in [0.25, 0.3) is 0 Å². The zero-order chi connectivity index (χ0) is 15.0. The fourth-order valence-electron chi connectivity index (χ4n) is 2.23. The summed E-state index contributed by atoms with van der Waals surface area (Å²) < 4.78 is 44.0. The van der Waals surface area contributed by atoms with E-state index in [-0.39, 0.29) is 17.4 Å². The number of hydrogen-bond donors (Lipinski definition) is 1. The van der Waals surface area contributed by atoms with Gasteiger partial charge in [-0.3, -0.25) is 0 Å². The molecule has 1 fully saturated rings. The maximum atomic E-state index is 12.8. The predicted octanol–water partition coefficient (Wildman–Crippen LogP) is 3.52. The number of aromatic nitrogens is 1. The lowest BCUT2D eigenvalue weighted by molar-refractivity contribution is -0.137. The molecule has 1 aromatic rings. The summed E-state index contributed by atoms with van der Waals surface area (Å²) in [5.74, 6) is -0.151. The fraction of sp³-hybridized carbons (Fsp3) is 0.615. The molecule has 0 amide bonds. The molecule has 1 atom stereocenters. The third kappa shape index (κ3) is 3.17. The van der Waals surface area contributed by atoms with Crippen molar-refractivity contribution in [2.24, 2.45) is 5.41 Å². The SMILES string of the molecule is CC1(C)CNCCC1Oc1nccc(C(F)(F)F)c1Cl. The van der Waals surface area contributed by atoms with Gasteiger partial charge in [0.25, 0.3) is 0 Å². The first-order chi connectivity index (χ1) is 9.22. The maximum absolute atomic E-state index is 12.8. The van der Waals surface area contributed by atoms with Gasteiger partial charge in [0.1, 0.15) is 11.1 Å². The van der Waals surface area contributed by atoms with E-state index < -0.39 is 16.8 Å². The average Bonchev–Trinajstić information content (AvgIpc) is 2.32. The first-order valence-corrected chi connectivity index (χ1v) is 6.69. The number of nitrogens with one attached hydrogen (secondary N) is 1. The van der Waals surface area contributed by atoms with Crippen LogP contribution in [0.15, 0.2) is 12.3 Å². The molecule has 3 nitrogen and oxygen atoms in total. The molecule has 2 rings (SSSR count). The number of ether oxygens (including phenoxy) is 1. The minimum absolute atomic E-state index is 0.151. The molecular weight excluding hydrogens is 293 g/mol. The van der Waals surface area contributed by atoms with E-state index >= 15 is 0 Å². The van der Waals surface area contributed by atoms with Gasteiger partial charge in [0.05, 0.1) is 5.56 Å². The minimum atomic E-state index is -4.51. The standard InChI is InChI=1S/C13H16ClF3N2O/c1-12(2)7-18-5-4-9(12)20-11-10(14)8(3-6-19-11)13(15,16)17/h3,6,9,18H,4-5,7H2,1-2H3. The van der Waals surface area contributed by atoms with Crippen molar-refractivity contribution in [2.45, 2.75) is 32.5 Å². The van der Waals surface area contributed by atoms with Gasteiger partial charge in [0, 0.05) is 18.2 Å². The Bertz CT molecular complexity index is 491. The number of nitrogens with zero attached hydrogens (tertiary/aromatic N) is 1. The zero-order valence-electron chi connectivity index (χ0n) is 11.2. The molecular formula is C13H16ClF3N2O. The molecule has 7 heteroatoms. The van der Waals surface area contributed by atoms with Crippen LogP contribution in [0.4, 0.5) is 13.2 Å². The molecule has 1 N–H and O–H groups in total. The predicted molar refractivity (Wildman–Crippen MR) is 69.9 cm³/mol. The Morgan fingerprint density at radius 1 is 1.45 bits per heavy atom. The summed E-state index contributed by atoms with van der Waals surface area (Å²) in [6.07, 6.45) is -2.97. The normalized spacial score (nSPS) is 22.6. The van der Waals surface area contributed by atoms with Gasteiger partial charge in [-0.05, 0) is 19.0 Å². The number of rotatable bonds is 2. The Hall–Kier alpha value is -1.01. The van der Waals surface area contributed by atoms with Crippen molar-refractivity contribution >= 4 is 11.6 Å². The van der Waals surface area contributed by atoms with Crippen LogP contribution in [-0.4, -0.2) is 24.2 Å². The largest absolute Gasteiger partial charge is 0.473 e. The smallest absolute Gasteiger partial charge is 0.418 e. The van der Waals surface area contributed by atoms with Crippen molar-refractivity contribution in [1.29, 1.82) is 0 Å². The molecule has 0 aromatic carbocycles. The number of pyridine rings is 1. The highest BCUT2D eigenvalue weighted by atomic mass is 35.5. The van der Waals surface area contributed by atoms with Crippen LogP contribution in [0.2, 0.25) is 5.02 Å². The molecule has 0 aliphatic carbocycles. The van der Waals surface area contributed by atoms with Crippen molar-refractivity contribution in [3.63, 3.8) is 0 Å². The van der Waals surface area contributed by atoms with Crippen LogP contribution in [0.5, 0.6) is 5.88 Å². The topological polar surface area (TPSA) is 34.1 Å². The van der Waals surface area contributed by atoms with E-state index in [1.807, 2.05) is 13.8 Å². The van der Waals surface area contributed by atoms with Gasteiger partial charge in [0.2, 0.25) is 5.88 Å². The Labute approximate surface area is 120 Å². The number of halogens is 4. The summed E-state index contributed by atoms with van der Waals surface area (Å²) in [5, 5.41) is 2.75. The van der Waals surface area contributed by atoms with E-state index in [0.29, 0.717) is 6.42 Å². The Balaban J connectivity index is 2.26. The molecule has 1 aliphatic heterocycles. The summed E-state index contributed by atoms with van der Waals surface area (Å²) in [6.45, 7) is 5.47. The molecule has 1 aromatic heterocycles. The first-order valence-electron chi connectivity index (χ1n) is 6.31. The quantitative estimate of drug-likeness (QED) is 0.907. The van der Waals surface area contributed by atoms with Gasteiger partial charge in [-0.25, -0.2) is 4.98 Å². The van der Waals surface area contributed by atoms with Gasteiger partial charge in [-0.2, -0.15) is 13.2 Å². The van der Waals surface area contributed by atoms with E-state index in [4.69, 9.17) is 16.3 Å². The first kappa shape index (κ1) is 15.4. The molecule has 0 spiro atoms. The van der Waals surface area contributed by atoms with Crippen molar-refractivity contribution in [2.75, 3.05) is 13.1 Å². The number of alkyl halides is 3. The Kier molecular flexibility index (Phi) is 4.16. The lowest BCUT2D eigenvalue weighted by Crippen LogP contribution is -2.49. The molecule has 20 heavy (non-hydrogen) atoms. The fourth-order valence-corrected chi connectivity index (χ4v) is 2.49. The van der Waals surface area contributed by atoms with Gasteiger partial charge >= 0.3 is 6.18 Å². The van der Waals surface area contributed by atoms with E-state index in [1.165, 1.54) is 0 Å². The lowest BCUT2D eigenvalue weighted by atomic mass is 9.82. The number of hydrogen-bond acceptors (Lipinski definition) is 3. The second-order valence-corrected chi connectivity index (χ2v) is 5.91. The molecule has 0 saturated carbocycles. The van der Waals surface area contributed by atoms with Gasteiger partial charge in [0.15, 0.2) is 0 Å². The second-order valence-electron chi connectivity index (χ2n) is 5.54. The van der Waals surface area contributed by atoms with E-state index in [0.717, 1.165) is 25.4 Å². The molecule has 0 bridgehead atoms. The summed E-state index contributed by atoms with van der Waals surface area (Å²) in [6, 6.07) is 0.850. The summed E-state index contributed by atoms with van der Waals surface area (Å²) in [7, 11) is 0. The van der Waals surface area contributed by atoms with E-state index in [9.17, 15) is 13.2 Å². The van der Waals surface area contributed by atoms with Crippen molar-refractivity contribution in [3.05, 3.63) is 22.8 Å². The van der Waals surface area contributed by atoms with Crippen LogP contribution in [0.1, 0.15) is 25.8 Å². The second kappa shape index (κ2) is 5.41. The van der Waals surface area contributed by atoms with Crippen molar-refractivity contribution < 1.29 is 17.9 Å². The average molecular weight is 309 g/mol. The molecule has 1 saturated heterocycles. The third-order valence-corrected chi connectivity index (χ3v) is 3.82. The molecule has 0 radical (unpaired) electrons. The maximum Gasteiger partial charge on any atom is 0.418 e. The van der Waals surface area contributed by atoms with Gasteiger partial charge in [-0.15, -0.1) is 0 Å². The third-order valence-electron chi connectivity index (χ3n) is 3.45. The van der Waals surface area contributed by atoms with Crippen LogP contribution in [-0.2, 0) is 6.18 Å². The van der Waals surface area contributed by atoms with E-state index in [2.05, 4.69) is 10.3 Å². The summed E-state index contributed by atoms with van der Waals surface area (Å²) >= 11 is 5.78.